The van der Waals surface area contributed by atoms with Gasteiger partial charge in [-0.1, -0.05) is 5.16 Å². The maximum atomic E-state index is 8.99. The third-order valence-electron chi connectivity index (χ3n) is 4.51. The number of piperidine rings is 1. The van der Waals surface area contributed by atoms with Gasteiger partial charge in [0, 0.05) is 25.6 Å². The quantitative estimate of drug-likeness (QED) is 0.697. The zero-order valence-electron chi connectivity index (χ0n) is 15.7. The van der Waals surface area contributed by atoms with Gasteiger partial charge in [0.25, 0.3) is 0 Å². The van der Waals surface area contributed by atoms with Crippen molar-refractivity contribution in [1.82, 2.24) is 15.0 Å². The van der Waals surface area contributed by atoms with Crippen LogP contribution >= 0.6 is 0 Å². The summed E-state index contributed by atoms with van der Waals surface area (Å²) < 4.78 is 21.6. The number of ether oxygens (including phenoxy) is 3. The summed E-state index contributed by atoms with van der Waals surface area (Å²) in [5.41, 5.74) is 0.551. The van der Waals surface area contributed by atoms with E-state index >= 15 is 0 Å². The molecule has 0 amide bonds. The van der Waals surface area contributed by atoms with Crippen molar-refractivity contribution in [2.45, 2.75) is 26.0 Å². The number of likely N-dealkylation sites (tertiary alicyclic amines) is 1. The number of aromatic nitrogens is 2. The smallest absolute Gasteiger partial charge is 0.240 e. The van der Waals surface area contributed by atoms with Gasteiger partial charge < -0.3 is 18.7 Å². The van der Waals surface area contributed by atoms with E-state index in [1.807, 2.05) is 0 Å². The molecule has 1 aliphatic rings. The number of nitrogens with zero attached hydrogens (tertiary/aromatic N) is 4. The average Bonchev–Trinajstić information content (AvgIpc) is 3.13. The van der Waals surface area contributed by atoms with Crippen LogP contribution in [0.5, 0.6) is 11.5 Å². The molecule has 8 heteroatoms. The van der Waals surface area contributed by atoms with Gasteiger partial charge in [0.05, 0.1) is 31.9 Å². The highest BCUT2D eigenvalue weighted by atomic mass is 16.5. The summed E-state index contributed by atoms with van der Waals surface area (Å²) in [5, 5.41) is 12.9. The molecule has 1 aromatic heterocycles. The minimum atomic E-state index is 0.354. The highest BCUT2D eigenvalue weighted by molar-refractivity contribution is 5.46. The first-order chi connectivity index (χ1) is 13.2. The minimum Gasteiger partial charge on any atom is -0.493 e. The third kappa shape index (κ3) is 5.18. The lowest BCUT2D eigenvalue weighted by Gasteiger charge is -2.31. The van der Waals surface area contributed by atoms with Crippen molar-refractivity contribution < 1.29 is 18.7 Å². The highest BCUT2D eigenvalue weighted by Gasteiger charge is 2.23. The molecule has 3 rings (SSSR count). The van der Waals surface area contributed by atoms with Crippen LogP contribution in [0.2, 0.25) is 0 Å². The van der Waals surface area contributed by atoms with Gasteiger partial charge in [-0.3, -0.25) is 4.90 Å². The Labute approximate surface area is 158 Å². The Kier molecular flexibility index (Phi) is 6.63. The van der Waals surface area contributed by atoms with Crippen molar-refractivity contribution >= 4 is 0 Å². The molecule has 0 bridgehead atoms. The molecule has 144 valence electrons. The van der Waals surface area contributed by atoms with E-state index in [4.69, 9.17) is 24.0 Å². The fourth-order valence-corrected chi connectivity index (χ4v) is 3.23. The summed E-state index contributed by atoms with van der Waals surface area (Å²) in [5.74, 6) is 2.82. The standard InChI is InChI=1S/C19H24N4O4/c1-24-13-18-21-19(27-22-18)11-23-7-3-4-15(10-23)12-26-16-6-5-14(9-20)8-17(16)25-2/h5-6,8,15H,3-4,7,10-13H2,1-2H3. The monoisotopic (exact) mass is 372 g/mol. The Hall–Kier alpha value is -2.63. The van der Waals surface area contributed by atoms with Gasteiger partial charge in [-0.25, -0.2) is 0 Å². The fraction of sp³-hybridized carbons (Fsp3) is 0.526. The lowest BCUT2D eigenvalue weighted by molar-refractivity contribution is 0.114. The summed E-state index contributed by atoms with van der Waals surface area (Å²) in [4.78, 5) is 6.64. The van der Waals surface area contributed by atoms with E-state index < -0.39 is 0 Å². The summed E-state index contributed by atoms with van der Waals surface area (Å²) >= 11 is 0. The molecule has 1 atom stereocenters. The van der Waals surface area contributed by atoms with Crippen LogP contribution in [0.4, 0.5) is 0 Å². The maximum Gasteiger partial charge on any atom is 0.240 e. The van der Waals surface area contributed by atoms with E-state index in [0.717, 1.165) is 25.9 Å². The Morgan fingerprint density at radius 2 is 2.22 bits per heavy atom. The molecule has 0 saturated carbocycles. The van der Waals surface area contributed by atoms with Crippen LogP contribution in [0.15, 0.2) is 22.7 Å². The second kappa shape index (κ2) is 9.35. The summed E-state index contributed by atoms with van der Waals surface area (Å²) in [7, 11) is 3.18. The van der Waals surface area contributed by atoms with Crippen LogP contribution < -0.4 is 9.47 Å². The molecule has 8 nitrogen and oxygen atoms in total. The topological polar surface area (TPSA) is 93.6 Å². The lowest BCUT2D eigenvalue weighted by atomic mass is 9.99. The van der Waals surface area contributed by atoms with E-state index in [0.29, 0.717) is 54.5 Å². The molecule has 2 heterocycles. The van der Waals surface area contributed by atoms with E-state index in [1.165, 1.54) is 0 Å². The van der Waals surface area contributed by atoms with Crippen LogP contribution in [-0.4, -0.2) is 49.0 Å². The Morgan fingerprint density at radius 3 is 3.00 bits per heavy atom. The van der Waals surface area contributed by atoms with Crippen molar-refractivity contribution in [3.63, 3.8) is 0 Å². The van der Waals surface area contributed by atoms with Crippen molar-refractivity contribution in [2.75, 3.05) is 33.9 Å². The normalized spacial score (nSPS) is 17.4. The number of methoxy groups -OCH3 is 2. The molecule has 27 heavy (non-hydrogen) atoms. The second-order valence-electron chi connectivity index (χ2n) is 6.57. The van der Waals surface area contributed by atoms with Gasteiger partial charge in [-0.05, 0) is 31.5 Å². The molecule has 1 aliphatic heterocycles. The number of rotatable bonds is 8. The van der Waals surface area contributed by atoms with Crippen molar-refractivity contribution in [3.05, 3.63) is 35.5 Å². The Bertz CT molecular complexity index is 786. The summed E-state index contributed by atoms with van der Waals surface area (Å²) in [6, 6.07) is 7.31. The van der Waals surface area contributed by atoms with E-state index in [1.54, 1.807) is 32.4 Å². The third-order valence-corrected chi connectivity index (χ3v) is 4.51. The zero-order chi connectivity index (χ0) is 19.1. The van der Waals surface area contributed by atoms with E-state index in [-0.39, 0.29) is 0 Å². The van der Waals surface area contributed by atoms with Gasteiger partial charge in [0.15, 0.2) is 17.3 Å². The predicted octanol–water partition coefficient (Wildman–Crippen LogP) is 2.39. The maximum absolute atomic E-state index is 8.99. The zero-order valence-corrected chi connectivity index (χ0v) is 15.7. The molecule has 0 N–H and O–H groups in total. The molecule has 1 saturated heterocycles. The number of benzene rings is 1. The highest BCUT2D eigenvalue weighted by Crippen LogP contribution is 2.29. The number of hydrogen-bond acceptors (Lipinski definition) is 8. The van der Waals surface area contributed by atoms with Crippen LogP contribution in [0.3, 0.4) is 0 Å². The summed E-state index contributed by atoms with van der Waals surface area (Å²) in [6.07, 6.45) is 2.20. The first-order valence-electron chi connectivity index (χ1n) is 8.95. The fourth-order valence-electron chi connectivity index (χ4n) is 3.23. The van der Waals surface area contributed by atoms with Crippen LogP contribution in [0.25, 0.3) is 0 Å². The van der Waals surface area contributed by atoms with E-state index in [2.05, 4.69) is 21.1 Å². The van der Waals surface area contributed by atoms with Crippen molar-refractivity contribution in [2.24, 2.45) is 5.92 Å². The van der Waals surface area contributed by atoms with Gasteiger partial charge in [0.1, 0.15) is 6.61 Å². The molecular weight excluding hydrogens is 348 g/mol. The number of nitriles is 1. The predicted molar refractivity (Wildman–Crippen MR) is 96.2 cm³/mol. The molecule has 1 fully saturated rings. The number of hydrogen-bond donors (Lipinski definition) is 0. The minimum absolute atomic E-state index is 0.354. The second-order valence-corrected chi connectivity index (χ2v) is 6.57. The van der Waals surface area contributed by atoms with Crippen LogP contribution in [0, 0.1) is 17.2 Å². The van der Waals surface area contributed by atoms with Crippen LogP contribution in [0.1, 0.15) is 30.1 Å². The molecule has 1 unspecified atom stereocenters. The molecule has 0 aliphatic carbocycles. The van der Waals surface area contributed by atoms with Crippen LogP contribution in [-0.2, 0) is 17.9 Å². The van der Waals surface area contributed by atoms with Gasteiger partial charge in [-0.15, -0.1) is 0 Å². The molecular formula is C19H24N4O4. The first kappa shape index (κ1) is 19.1. The first-order valence-corrected chi connectivity index (χ1v) is 8.95. The molecule has 2 aromatic rings. The van der Waals surface area contributed by atoms with Crippen molar-refractivity contribution in [1.29, 1.82) is 5.26 Å². The lowest BCUT2D eigenvalue weighted by Crippen LogP contribution is -2.37. The van der Waals surface area contributed by atoms with Gasteiger partial charge in [0.2, 0.25) is 5.89 Å². The molecule has 1 aromatic carbocycles. The average molecular weight is 372 g/mol. The Balaban J connectivity index is 1.53. The SMILES string of the molecule is COCc1noc(CN2CCCC(COc3ccc(C#N)cc3OC)C2)n1. The van der Waals surface area contributed by atoms with Crippen molar-refractivity contribution in [3.8, 4) is 17.6 Å². The Morgan fingerprint density at radius 1 is 1.33 bits per heavy atom. The van der Waals surface area contributed by atoms with E-state index in [9.17, 15) is 0 Å². The van der Waals surface area contributed by atoms with Gasteiger partial charge in [-0.2, -0.15) is 10.2 Å². The van der Waals surface area contributed by atoms with Gasteiger partial charge >= 0.3 is 0 Å². The molecule has 0 radical (unpaired) electrons. The largest absolute Gasteiger partial charge is 0.493 e. The molecule has 0 spiro atoms. The summed E-state index contributed by atoms with van der Waals surface area (Å²) in [6.45, 7) is 3.48.